The Morgan fingerprint density at radius 1 is 1.40 bits per heavy atom. The van der Waals surface area contributed by atoms with Gasteiger partial charge in [-0.1, -0.05) is 29.3 Å². The minimum atomic E-state index is -0.522. The van der Waals surface area contributed by atoms with Crippen LogP contribution in [0.3, 0.4) is 0 Å². The lowest BCUT2D eigenvalue weighted by atomic mass is 10.3. The minimum Gasteiger partial charge on any atom is -0.423 e. The Morgan fingerprint density at radius 3 is 2.53 bits per heavy atom. The lowest BCUT2D eigenvalue weighted by molar-refractivity contribution is -0.134. The molecule has 1 aromatic rings. The van der Waals surface area contributed by atoms with Crippen molar-refractivity contribution in [2.24, 2.45) is 0 Å². The molecule has 0 saturated heterocycles. The Bertz CT molecular complexity index is 392. The third-order valence-corrected chi connectivity index (χ3v) is 2.17. The predicted molar refractivity (Wildman–Crippen MR) is 56.9 cm³/mol. The topological polar surface area (TPSA) is 50.1 Å². The van der Waals surface area contributed by atoms with Gasteiger partial charge in [-0.3, -0.25) is 4.79 Å². The minimum absolute atomic E-state index is 0.0258. The monoisotopic (exact) mass is 243 g/mol. The van der Waals surface area contributed by atoms with Crippen LogP contribution in [-0.2, 0) is 4.79 Å². The summed E-state index contributed by atoms with van der Waals surface area (Å²) < 4.78 is 4.92. The molecule has 0 aromatic heterocycles. The van der Waals surface area contributed by atoms with Gasteiger partial charge in [-0.15, -0.1) is 0 Å². The van der Waals surface area contributed by atoms with E-state index in [1.807, 2.05) is 6.07 Å². The number of rotatable bonds is 3. The zero-order chi connectivity index (χ0) is 11.3. The molecule has 0 amide bonds. The van der Waals surface area contributed by atoms with E-state index in [9.17, 15) is 4.79 Å². The fraction of sp³-hybridized carbons (Fsp3) is 0.200. The molecule has 0 radical (unpaired) electrons. The molecule has 1 aromatic carbocycles. The van der Waals surface area contributed by atoms with Crippen LogP contribution >= 0.6 is 23.2 Å². The molecule has 0 atom stereocenters. The number of nitrogens with zero attached hydrogens (tertiary/aromatic N) is 1. The maximum atomic E-state index is 11.2. The molecule has 0 aliphatic rings. The molecule has 0 bridgehead atoms. The number of para-hydroxylation sites is 1. The Kier molecular flexibility index (Phi) is 4.41. The van der Waals surface area contributed by atoms with E-state index < -0.39 is 5.97 Å². The summed E-state index contributed by atoms with van der Waals surface area (Å²) in [5, 5.41) is 8.82. The van der Waals surface area contributed by atoms with E-state index >= 15 is 0 Å². The van der Waals surface area contributed by atoms with Gasteiger partial charge in [0.25, 0.3) is 0 Å². The first-order valence-corrected chi connectivity index (χ1v) is 4.92. The predicted octanol–water partition coefficient (Wildman–Crippen LogP) is 3.20. The molecule has 78 valence electrons. The second kappa shape index (κ2) is 5.59. The van der Waals surface area contributed by atoms with Gasteiger partial charge in [0.15, 0.2) is 5.75 Å². The van der Waals surface area contributed by atoms with Crippen LogP contribution in [0, 0.1) is 11.3 Å². The molecule has 5 heteroatoms. The average Bonchev–Trinajstić information content (AvgIpc) is 2.21. The van der Waals surface area contributed by atoms with E-state index in [4.69, 9.17) is 33.2 Å². The molecular formula is C10H7Cl2NO2. The highest BCUT2D eigenvalue weighted by Gasteiger charge is 2.11. The Balaban J connectivity index is 2.73. The number of benzene rings is 1. The standard InChI is InChI=1S/C10H7Cl2NO2/c11-7-3-1-4-8(12)10(7)15-9(14)5-2-6-13/h1,3-4H,2,5H2. The fourth-order valence-corrected chi connectivity index (χ4v) is 1.38. The van der Waals surface area contributed by atoms with E-state index in [1.165, 1.54) is 0 Å². The van der Waals surface area contributed by atoms with Crippen molar-refractivity contribution >= 4 is 29.2 Å². The first-order valence-electron chi connectivity index (χ1n) is 4.17. The number of ether oxygens (including phenoxy) is 1. The summed E-state index contributed by atoms with van der Waals surface area (Å²) in [6.45, 7) is 0. The van der Waals surface area contributed by atoms with Crippen molar-refractivity contribution in [1.82, 2.24) is 0 Å². The Morgan fingerprint density at radius 2 is 2.00 bits per heavy atom. The summed E-state index contributed by atoms with van der Waals surface area (Å²) in [6.07, 6.45) is 0.138. The van der Waals surface area contributed by atoms with E-state index in [0.29, 0.717) is 0 Å². The van der Waals surface area contributed by atoms with Gasteiger partial charge in [0.05, 0.1) is 22.5 Å². The number of nitriles is 1. The highest BCUT2D eigenvalue weighted by Crippen LogP contribution is 2.32. The molecule has 0 spiro atoms. The van der Waals surface area contributed by atoms with Crippen molar-refractivity contribution in [2.45, 2.75) is 12.8 Å². The highest BCUT2D eigenvalue weighted by atomic mass is 35.5. The molecule has 0 heterocycles. The first kappa shape index (κ1) is 11.8. The van der Waals surface area contributed by atoms with Crippen LogP contribution in [0.5, 0.6) is 5.75 Å². The van der Waals surface area contributed by atoms with Crippen LogP contribution < -0.4 is 4.74 Å². The van der Waals surface area contributed by atoms with Crippen molar-refractivity contribution in [2.75, 3.05) is 0 Å². The summed E-state index contributed by atoms with van der Waals surface area (Å²) in [6, 6.07) is 6.64. The second-order valence-electron chi connectivity index (χ2n) is 2.68. The van der Waals surface area contributed by atoms with Crippen LogP contribution in [0.15, 0.2) is 18.2 Å². The zero-order valence-corrected chi connectivity index (χ0v) is 9.18. The van der Waals surface area contributed by atoms with E-state index in [0.717, 1.165) is 0 Å². The smallest absolute Gasteiger partial charge is 0.312 e. The summed E-state index contributed by atoms with van der Waals surface area (Å²) in [4.78, 5) is 11.2. The van der Waals surface area contributed by atoms with Gasteiger partial charge in [0, 0.05) is 6.42 Å². The van der Waals surface area contributed by atoms with Gasteiger partial charge in [-0.25, -0.2) is 0 Å². The molecule has 0 N–H and O–H groups in total. The van der Waals surface area contributed by atoms with Gasteiger partial charge in [-0.2, -0.15) is 5.26 Å². The van der Waals surface area contributed by atoms with E-state index in [1.54, 1.807) is 18.2 Å². The molecular weight excluding hydrogens is 237 g/mol. The Labute approximate surface area is 97.2 Å². The van der Waals surface area contributed by atoms with Crippen LogP contribution in [0.1, 0.15) is 12.8 Å². The van der Waals surface area contributed by atoms with Crippen LogP contribution in [0.4, 0.5) is 0 Å². The fourth-order valence-electron chi connectivity index (χ4n) is 0.903. The van der Waals surface area contributed by atoms with Gasteiger partial charge in [-0.05, 0) is 12.1 Å². The van der Waals surface area contributed by atoms with Gasteiger partial charge in [0.2, 0.25) is 0 Å². The quantitative estimate of drug-likeness (QED) is 0.605. The largest absolute Gasteiger partial charge is 0.423 e. The summed E-state index contributed by atoms with van der Waals surface area (Å²) in [5.74, 6) is -0.379. The van der Waals surface area contributed by atoms with E-state index in [-0.39, 0.29) is 28.6 Å². The number of hydrogen-bond acceptors (Lipinski definition) is 3. The van der Waals surface area contributed by atoms with Crippen LogP contribution in [0.2, 0.25) is 10.0 Å². The van der Waals surface area contributed by atoms with Crippen molar-refractivity contribution < 1.29 is 9.53 Å². The van der Waals surface area contributed by atoms with Crippen LogP contribution in [0.25, 0.3) is 0 Å². The molecule has 0 aliphatic heterocycles. The molecule has 1 rings (SSSR count). The van der Waals surface area contributed by atoms with Gasteiger partial charge in [0.1, 0.15) is 0 Å². The number of halogens is 2. The number of esters is 1. The van der Waals surface area contributed by atoms with Crippen LogP contribution in [-0.4, -0.2) is 5.97 Å². The molecule has 0 unspecified atom stereocenters. The number of hydrogen-bond donors (Lipinski definition) is 0. The normalized spacial score (nSPS) is 9.40. The Hall–Kier alpha value is -1.24. The maximum absolute atomic E-state index is 11.2. The highest BCUT2D eigenvalue weighted by molar-refractivity contribution is 6.37. The van der Waals surface area contributed by atoms with Crippen molar-refractivity contribution in [3.63, 3.8) is 0 Å². The van der Waals surface area contributed by atoms with Gasteiger partial charge >= 0.3 is 5.97 Å². The second-order valence-corrected chi connectivity index (χ2v) is 3.50. The zero-order valence-electron chi connectivity index (χ0n) is 7.67. The van der Waals surface area contributed by atoms with Crippen molar-refractivity contribution in [3.8, 4) is 11.8 Å². The SMILES string of the molecule is N#CCCC(=O)Oc1c(Cl)cccc1Cl. The van der Waals surface area contributed by atoms with Crippen molar-refractivity contribution in [3.05, 3.63) is 28.2 Å². The molecule has 0 fully saturated rings. The third-order valence-electron chi connectivity index (χ3n) is 1.58. The lowest BCUT2D eigenvalue weighted by Crippen LogP contribution is -2.07. The molecule has 0 aliphatic carbocycles. The van der Waals surface area contributed by atoms with Crippen molar-refractivity contribution in [1.29, 1.82) is 5.26 Å². The van der Waals surface area contributed by atoms with E-state index in [2.05, 4.69) is 0 Å². The molecule has 15 heavy (non-hydrogen) atoms. The first-order chi connectivity index (χ1) is 7.15. The third kappa shape index (κ3) is 3.43. The van der Waals surface area contributed by atoms with Gasteiger partial charge < -0.3 is 4.74 Å². The number of carbonyl (C=O) groups excluding carboxylic acids is 1. The average molecular weight is 244 g/mol. The number of carbonyl (C=O) groups is 1. The maximum Gasteiger partial charge on any atom is 0.312 e. The molecule has 0 saturated carbocycles. The summed E-state index contributed by atoms with van der Waals surface area (Å²) in [5.41, 5.74) is 0. The summed E-state index contributed by atoms with van der Waals surface area (Å²) >= 11 is 11.6. The molecule has 3 nitrogen and oxygen atoms in total. The lowest BCUT2D eigenvalue weighted by Gasteiger charge is -2.06. The summed E-state index contributed by atoms with van der Waals surface area (Å²) in [7, 11) is 0.